The summed E-state index contributed by atoms with van der Waals surface area (Å²) in [5.41, 5.74) is 3.80. The summed E-state index contributed by atoms with van der Waals surface area (Å²) in [6.45, 7) is 2.86. The molecule has 0 spiro atoms. The number of benzene rings is 3. The van der Waals surface area contributed by atoms with Crippen molar-refractivity contribution in [3.05, 3.63) is 82.9 Å². The smallest absolute Gasteiger partial charge is 0.254 e. The third-order valence-electron chi connectivity index (χ3n) is 6.11. The standard InChI is InChI=1S/C27H29NO5/c1-18-7-5-6-8-22(18)27(29)28-14-13-19-15-25(31-3)26(32-4)16-23(19)24(28)17-33-21-11-9-20(30-2)10-12-21/h5-12,15-16,24H,13-14,17H2,1-4H3. The number of carbonyl (C=O) groups is 1. The monoisotopic (exact) mass is 447 g/mol. The van der Waals surface area contributed by atoms with E-state index in [1.807, 2.05) is 72.5 Å². The normalized spacial score (nSPS) is 14.9. The molecule has 0 aliphatic carbocycles. The van der Waals surface area contributed by atoms with Gasteiger partial charge in [-0.2, -0.15) is 0 Å². The number of aryl methyl sites for hydroxylation is 1. The summed E-state index contributed by atoms with van der Waals surface area (Å²) in [6.07, 6.45) is 0.729. The Morgan fingerprint density at radius 2 is 1.58 bits per heavy atom. The Balaban J connectivity index is 1.70. The SMILES string of the molecule is COc1ccc(OCC2c3cc(OC)c(OC)cc3CCN2C(=O)c2ccccc2C)cc1. The maximum atomic E-state index is 13.6. The van der Waals surface area contributed by atoms with E-state index < -0.39 is 0 Å². The van der Waals surface area contributed by atoms with Gasteiger partial charge < -0.3 is 23.8 Å². The fraction of sp³-hybridized carbons (Fsp3) is 0.296. The Kier molecular flexibility index (Phi) is 6.73. The molecule has 6 nitrogen and oxygen atoms in total. The van der Waals surface area contributed by atoms with E-state index in [0.29, 0.717) is 36.0 Å². The summed E-state index contributed by atoms with van der Waals surface area (Å²) >= 11 is 0. The zero-order chi connectivity index (χ0) is 23.4. The minimum atomic E-state index is -0.275. The number of methoxy groups -OCH3 is 3. The minimum absolute atomic E-state index is 0.00290. The summed E-state index contributed by atoms with van der Waals surface area (Å²) in [4.78, 5) is 15.5. The lowest BCUT2D eigenvalue weighted by Crippen LogP contribution is -2.42. The third-order valence-corrected chi connectivity index (χ3v) is 6.11. The second-order valence-corrected chi connectivity index (χ2v) is 7.97. The average Bonchev–Trinajstić information content (AvgIpc) is 2.86. The summed E-state index contributed by atoms with van der Waals surface area (Å²) in [5.74, 6) is 2.79. The number of amides is 1. The molecule has 0 saturated carbocycles. The van der Waals surface area contributed by atoms with Gasteiger partial charge in [0.2, 0.25) is 0 Å². The predicted molar refractivity (Wildman–Crippen MR) is 127 cm³/mol. The van der Waals surface area contributed by atoms with Gasteiger partial charge in [-0.3, -0.25) is 4.79 Å². The summed E-state index contributed by atoms with van der Waals surface area (Å²) in [6, 6.07) is 18.8. The van der Waals surface area contributed by atoms with Crippen molar-refractivity contribution in [3.63, 3.8) is 0 Å². The van der Waals surface area contributed by atoms with E-state index in [1.54, 1.807) is 21.3 Å². The van der Waals surface area contributed by atoms with Crippen LogP contribution >= 0.6 is 0 Å². The van der Waals surface area contributed by atoms with Gasteiger partial charge in [-0.15, -0.1) is 0 Å². The molecule has 1 amide bonds. The zero-order valence-electron chi connectivity index (χ0n) is 19.5. The summed E-state index contributed by atoms with van der Waals surface area (Å²) in [7, 11) is 4.88. The van der Waals surface area contributed by atoms with Gasteiger partial charge in [0, 0.05) is 12.1 Å². The highest BCUT2D eigenvalue weighted by atomic mass is 16.5. The summed E-state index contributed by atoms with van der Waals surface area (Å²) in [5, 5.41) is 0. The first kappa shape index (κ1) is 22.5. The molecular weight excluding hydrogens is 418 g/mol. The minimum Gasteiger partial charge on any atom is -0.497 e. The van der Waals surface area contributed by atoms with Crippen LogP contribution in [0.15, 0.2) is 60.7 Å². The molecule has 6 heteroatoms. The molecule has 1 aliphatic heterocycles. The van der Waals surface area contributed by atoms with Crippen molar-refractivity contribution < 1.29 is 23.7 Å². The molecule has 1 heterocycles. The maximum absolute atomic E-state index is 13.6. The van der Waals surface area contributed by atoms with Gasteiger partial charge >= 0.3 is 0 Å². The molecule has 0 fully saturated rings. The Labute approximate surface area is 194 Å². The van der Waals surface area contributed by atoms with Crippen LogP contribution in [0.25, 0.3) is 0 Å². The molecular formula is C27H29NO5. The van der Waals surface area contributed by atoms with Crippen molar-refractivity contribution in [2.45, 2.75) is 19.4 Å². The number of rotatable bonds is 7. The number of fused-ring (bicyclic) bond motifs is 1. The fourth-order valence-electron chi connectivity index (χ4n) is 4.27. The van der Waals surface area contributed by atoms with Crippen LogP contribution in [-0.4, -0.2) is 45.3 Å². The molecule has 1 atom stereocenters. The van der Waals surface area contributed by atoms with E-state index >= 15 is 0 Å². The number of hydrogen-bond donors (Lipinski definition) is 0. The molecule has 0 aromatic heterocycles. The Bertz CT molecular complexity index is 1130. The zero-order valence-corrected chi connectivity index (χ0v) is 19.5. The molecule has 0 saturated heterocycles. The number of hydrogen-bond acceptors (Lipinski definition) is 5. The van der Waals surface area contributed by atoms with Gasteiger partial charge in [-0.1, -0.05) is 18.2 Å². The van der Waals surface area contributed by atoms with E-state index in [2.05, 4.69) is 0 Å². The molecule has 1 aliphatic rings. The number of nitrogens with zero attached hydrogens (tertiary/aromatic N) is 1. The first-order valence-electron chi connectivity index (χ1n) is 10.9. The van der Waals surface area contributed by atoms with Crippen LogP contribution < -0.4 is 18.9 Å². The van der Waals surface area contributed by atoms with E-state index in [-0.39, 0.29) is 11.9 Å². The van der Waals surface area contributed by atoms with Crippen molar-refractivity contribution in [1.82, 2.24) is 4.90 Å². The molecule has 0 N–H and O–H groups in total. The van der Waals surface area contributed by atoms with Crippen LogP contribution in [0, 0.1) is 6.92 Å². The quantitative estimate of drug-likeness (QED) is 0.519. The molecule has 172 valence electrons. The van der Waals surface area contributed by atoms with Crippen LogP contribution in [0.5, 0.6) is 23.0 Å². The lowest BCUT2D eigenvalue weighted by atomic mass is 9.91. The van der Waals surface area contributed by atoms with Crippen LogP contribution in [-0.2, 0) is 6.42 Å². The first-order valence-corrected chi connectivity index (χ1v) is 10.9. The third kappa shape index (κ3) is 4.60. The van der Waals surface area contributed by atoms with Gasteiger partial charge in [-0.05, 0) is 72.5 Å². The average molecular weight is 448 g/mol. The molecule has 0 bridgehead atoms. The lowest BCUT2D eigenvalue weighted by molar-refractivity contribution is 0.0588. The highest BCUT2D eigenvalue weighted by Gasteiger charge is 2.33. The molecule has 4 rings (SSSR count). The van der Waals surface area contributed by atoms with E-state index in [0.717, 1.165) is 28.9 Å². The van der Waals surface area contributed by atoms with Crippen LogP contribution in [0.1, 0.15) is 33.1 Å². The molecule has 3 aromatic rings. The maximum Gasteiger partial charge on any atom is 0.254 e. The van der Waals surface area contributed by atoms with Crippen molar-refractivity contribution in [1.29, 1.82) is 0 Å². The van der Waals surface area contributed by atoms with Crippen molar-refractivity contribution >= 4 is 5.91 Å². The van der Waals surface area contributed by atoms with Crippen LogP contribution in [0.2, 0.25) is 0 Å². The highest BCUT2D eigenvalue weighted by molar-refractivity contribution is 5.96. The lowest BCUT2D eigenvalue weighted by Gasteiger charge is -2.38. The first-order chi connectivity index (χ1) is 16.0. The topological polar surface area (TPSA) is 57.2 Å². The van der Waals surface area contributed by atoms with Crippen molar-refractivity contribution in [2.24, 2.45) is 0 Å². The van der Waals surface area contributed by atoms with Gasteiger partial charge in [0.1, 0.15) is 18.1 Å². The molecule has 1 unspecified atom stereocenters. The van der Waals surface area contributed by atoms with Crippen molar-refractivity contribution in [2.75, 3.05) is 34.5 Å². The van der Waals surface area contributed by atoms with Gasteiger partial charge in [-0.25, -0.2) is 0 Å². The van der Waals surface area contributed by atoms with Crippen LogP contribution in [0.3, 0.4) is 0 Å². The second-order valence-electron chi connectivity index (χ2n) is 7.97. The van der Waals surface area contributed by atoms with Crippen LogP contribution in [0.4, 0.5) is 0 Å². The van der Waals surface area contributed by atoms with Gasteiger partial charge in [0.25, 0.3) is 5.91 Å². The summed E-state index contributed by atoms with van der Waals surface area (Å²) < 4.78 is 22.4. The number of ether oxygens (including phenoxy) is 4. The Morgan fingerprint density at radius 3 is 2.24 bits per heavy atom. The fourth-order valence-corrected chi connectivity index (χ4v) is 4.27. The Hall–Kier alpha value is -3.67. The van der Waals surface area contributed by atoms with E-state index in [1.165, 1.54) is 0 Å². The predicted octanol–water partition coefficient (Wildman–Crippen LogP) is 4.84. The Morgan fingerprint density at radius 1 is 0.909 bits per heavy atom. The number of carbonyl (C=O) groups excluding carboxylic acids is 1. The highest BCUT2D eigenvalue weighted by Crippen LogP contribution is 2.39. The molecule has 33 heavy (non-hydrogen) atoms. The molecule has 3 aromatic carbocycles. The second kappa shape index (κ2) is 9.86. The van der Waals surface area contributed by atoms with E-state index in [9.17, 15) is 4.79 Å². The van der Waals surface area contributed by atoms with E-state index in [4.69, 9.17) is 18.9 Å². The molecule has 0 radical (unpaired) electrons. The van der Waals surface area contributed by atoms with Crippen molar-refractivity contribution in [3.8, 4) is 23.0 Å². The van der Waals surface area contributed by atoms with Gasteiger partial charge in [0.05, 0.1) is 27.4 Å². The van der Waals surface area contributed by atoms with Gasteiger partial charge in [0.15, 0.2) is 11.5 Å². The largest absolute Gasteiger partial charge is 0.497 e.